The van der Waals surface area contributed by atoms with Crippen LogP contribution in [-0.2, 0) is 5.75 Å². The Morgan fingerprint density at radius 2 is 1.96 bits per heavy atom. The van der Waals surface area contributed by atoms with E-state index in [1.807, 2.05) is 25.7 Å². The second kappa shape index (κ2) is 7.60. The molecule has 0 fully saturated rings. The van der Waals surface area contributed by atoms with Gasteiger partial charge in [-0.05, 0) is 39.8 Å². The van der Waals surface area contributed by atoms with Gasteiger partial charge in [0.15, 0.2) is 0 Å². The van der Waals surface area contributed by atoms with Gasteiger partial charge in [0, 0.05) is 29.6 Å². The van der Waals surface area contributed by atoms with Crippen molar-refractivity contribution in [2.45, 2.75) is 33.4 Å². The first-order valence-electron chi connectivity index (χ1n) is 8.13. The lowest BCUT2D eigenvalue weighted by molar-refractivity contribution is -0.384. The Morgan fingerprint density at radius 3 is 2.44 bits per heavy atom. The summed E-state index contributed by atoms with van der Waals surface area (Å²) in [5.74, 6) is -0.376. The molecule has 0 bridgehead atoms. The molecule has 8 heteroatoms. The first-order chi connectivity index (χ1) is 11.8. The molecule has 1 aromatic heterocycles. The predicted octanol–water partition coefficient (Wildman–Crippen LogP) is 4.28. The molecule has 7 nitrogen and oxygen atoms in total. The van der Waals surface area contributed by atoms with Gasteiger partial charge >= 0.3 is 5.97 Å². The van der Waals surface area contributed by atoms with E-state index in [4.69, 9.17) is 0 Å². The van der Waals surface area contributed by atoms with Gasteiger partial charge in [-0.2, -0.15) is 4.98 Å². The molecule has 0 aliphatic carbocycles. The number of carboxylic acids is 1. The Hall–Kier alpha value is -2.48. The normalized spacial score (nSPS) is 11.4. The number of anilines is 1. The van der Waals surface area contributed by atoms with E-state index in [1.165, 1.54) is 6.07 Å². The molecule has 0 aliphatic rings. The van der Waals surface area contributed by atoms with Crippen molar-refractivity contribution in [3.63, 3.8) is 0 Å². The molecule has 0 aliphatic heterocycles. The quantitative estimate of drug-likeness (QED) is 0.447. The van der Waals surface area contributed by atoms with Crippen molar-refractivity contribution in [1.82, 2.24) is 4.98 Å². The molecule has 1 heterocycles. The standard InChI is InChI=1S/C17H21N3O4S/c1-5-19(6-2)13-9-8-12(10-14(13)20(23)24)16-18-11(4)15(17(21)22)25(16)7-3/h8-10H,5-7H2,1-4H3/p+1. The number of carbonyl (C=O) groups is 1. The largest absolute Gasteiger partial charge is 0.474 e. The maximum atomic E-state index is 11.5. The summed E-state index contributed by atoms with van der Waals surface area (Å²) in [6.07, 6.45) is 0. The molecule has 0 saturated carbocycles. The SMILES string of the molecule is CCN(CC)c1ccc(-c2nc(C)c(C(=O)O)[s+]2CC)cc1[N+](=O)[O-]. The lowest BCUT2D eigenvalue weighted by Crippen LogP contribution is -2.22. The molecule has 2 rings (SSSR count). The lowest BCUT2D eigenvalue weighted by atomic mass is 10.1. The third-order valence-electron chi connectivity index (χ3n) is 4.08. The van der Waals surface area contributed by atoms with E-state index in [0.29, 0.717) is 45.7 Å². The van der Waals surface area contributed by atoms with Gasteiger partial charge in [0.1, 0.15) is 17.1 Å². The summed E-state index contributed by atoms with van der Waals surface area (Å²) in [6.45, 7) is 8.80. The topological polar surface area (TPSA) is 96.6 Å². The zero-order chi connectivity index (χ0) is 18.7. The highest BCUT2D eigenvalue weighted by atomic mass is 32.2. The van der Waals surface area contributed by atoms with Crippen LogP contribution in [0.15, 0.2) is 18.2 Å². The number of nitro groups is 1. The zero-order valence-electron chi connectivity index (χ0n) is 14.8. The first-order valence-corrected chi connectivity index (χ1v) is 9.52. The molecule has 134 valence electrons. The molecule has 25 heavy (non-hydrogen) atoms. The molecule has 1 aromatic carbocycles. The zero-order valence-corrected chi connectivity index (χ0v) is 15.6. The summed E-state index contributed by atoms with van der Waals surface area (Å²) >= 11 is 0. The number of thiazole rings is 1. The Morgan fingerprint density at radius 1 is 1.32 bits per heavy atom. The van der Waals surface area contributed by atoms with Crippen LogP contribution in [0.3, 0.4) is 0 Å². The minimum absolute atomic E-state index is 0.0185. The Bertz CT molecular complexity index is 812. The number of carboxylic acid groups (broad SMARTS) is 1. The minimum atomic E-state index is -0.976. The van der Waals surface area contributed by atoms with Crippen LogP contribution in [0.5, 0.6) is 0 Å². The van der Waals surface area contributed by atoms with Crippen LogP contribution in [0.1, 0.15) is 36.1 Å². The average molecular weight is 364 g/mol. The molecule has 1 N–H and O–H groups in total. The highest BCUT2D eigenvalue weighted by molar-refractivity contribution is 7.35. The summed E-state index contributed by atoms with van der Waals surface area (Å²) < 4.78 is 0. The summed E-state index contributed by atoms with van der Waals surface area (Å²) in [5, 5.41) is 21.6. The van der Waals surface area contributed by atoms with E-state index in [9.17, 15) is 20.0 Å². The van der Waals surface area contributed by atoms with Crippen LogP contribution < -0.4 is 4.90 Å². The molecule has 1 atom stereocenters. The average Bonchev–Trinajstić information content (AvgIpc) is 2.92. The van der Waals surface area contributed by atoms with Crippen LogP contribution in [0, 0.1) is 17.0 Å². The fraction of sp³-hybridized carbons (Fsp3) is 0.412. The van der Waals surface area contributed by atoms with Crippen molar-refractivity contribution in [3.05, 3.63) is 38.9 Å². The molecule has 0 amide bonds. The van der Waals surface area contributed by atoms with Crippen molar-refractivity contribution < 1.29 is 14.8 Å². The number of nitro benzene ring substituents is 1. The maximum Gasteiger partial charge on any atom is 0.391 e. The molecule has 1 unspecified atom stereocenters. The molecule has 0 saturated heterocycles. The number of benzene rings is 1. The summed E-state index contributed by atoms with van der Waals surface area (Å²) in [4.78, 5) is 29.3. The fourth-order valence-electron chi connectivity index (χ4n) is 2.92. The lowest BCUT2D eigenvalue weighted by Gasteiger charge is -2.20. The number of hydrogen-bond donors (Lipinski definition) is 1. The van der Waals surface area contributed by atoms with E-state index < -0.39 is 21.4 Å². The van der Waals surface area contributed by atoms with Gasteiger partial charge in [-0.3, -0.25) is 10.1 Å². The Balaban J connectivity index is 2.66. The molecule has 0 spiro atoms. The number of aromatic carboxylic acids is 1. The fourth-order valence-corrected chi connectivity index (χ4v) is 4.94. The van der Waals surface area contributed by atoms with Gasteiger partial charge in [-0.25, -0.2) is 4.79 Å². The third kappa shape index (κ3) is 3.48. The van der Waals surface area contributed by atoms with Crippen molar-refractivity contribution >= 4 is 27.8 Å². The van der Waals surface area contributed by atoms with E-state index in [2.05, 4.69) is 4.98 Å². The predicted molar refractivity (Wildman–Crippen MR) is 99.7 cm³/mol. The van der Waals surface area contributed by atoms with E-state index in [-0.39, 0.29) is 5.69 Å². The van der Waals surface area contributed by atoms with Gasteiger partial charge in [-0.15, -0.1) is 0 Å². The molecular weight excluding hydrogens is 342 g/mol. The van der Waals surface area contributed by atoms with Crippen molar-refractivity contribution in [1.29, 1.82) is 0 Å². The van der Waals surface area contributed by atoms with Crippen molar-refractivity contribution in [3.8, 4) is 10.6 Å². The first kappa shape index (κ1) is 18.9. The smallest absolute Gasteiger partial charge is 0.391 e. The van der Waals surface area contributed by atoms with Gasteiger partial charge in [0.25, 0.3) is 15.6 Å². The van der Waals surface area contributed by atoms with Crippen LogP contribution in [0.4, 0.5) is 11.4 Å². The van der Waals surface area contributed by atoms with Gasteiger partial charge in [0.2, 0.25) is 0 Å². The van der Waals surface area contributed by atoms with Crippen LogP contribution in [0.2, 0.25) is 0 Å². The minimum Gasteiger partial charge on any atom is -0.474 e. The number of aryl methyl sites for hydroxylation is 1. The summed E-state index contributed by atoms with van der Waals surface area (Å²) in [5.41, 5.74) is 1.67. The number of aromatic nitrogens is 1. The van der Waals surface area contributed by atoms with Crippen LogP contribution in [0.25, 0.3) is 10.6 Å². The van der Waals surface area contributed by atoms with Gasteiger partial charge in [0.05, 0.1) is 10.5 Å². The summed E-state index contributed by atoms with van der Waals surface area (Å²) in [7, 11) is -0.670. The molecule has 2 aromatic rings. The Kier molecular flexibility index (Phi) is 5.73. The Labute approximate surface area is 149 Å². The summed E-state index contributed by atoms with van der Waals surface area (Å²) in [6, 6.07) is 5.04. The van der Waals surface area contributed by atoms with E-state index in [0.717, 1.165) is 0 Å². The highest BCUT2D eigenvalue weighted by Crippen LogP contribution is 2.41. The third-order valence-corrected chi connectivity index (χ3v) is 6.42. The van der Waals surface area contributed by atoms with Crippen molar-refractivity contribution in [2.75, 3.05) is 18.0 Å². The van der Waals surface area contributed by atoms with E-state index in [1.54, 1.807) is 19.1 Å². The number of hydrogen-bond acceptors (Lipinski definition) is 5. The second-order valence-corrected chi connectivity index (χ2v) is 7.60. The second-order valence-electron chi connectivity index (χ2n) is 5.45. The molecule has 0 radical (unpaired) electrons. The monoisotopic (exact) mass is 364 g/mol. The number of rotatable bonds is 7. The molecular formula is C17H22N3O4S+. The number of nitrogens with zero attached hydrogens (tertiary/aromatic N) is 3. The van der Waals surface area contributed by atoms with Crippen LogP contribution in [-0.4, -0.2) is 34.1 Å². The van der Waals surface area contributed by atoms with Crippen LogP contribution >= 0.6 is 10.5 Å². The van der Waals surface area contributed by atoms with Gasteiger partial charge in [-0.1, -0.05) is 0 Å². The van der Waals surface area contributed by atoms with E-state index >= 15 is 0 Å². The van der Waals surface area contributed by atoms with Gasteiger partial charge < -0.3 is 10.0 Å². The maximum absolute atomic E-state index is 11.5. The van der Waals surface area contributed by atoms with Crippen molar-refractivity contribution in [2.24, 2.45) is 0 Å². The highest BCUT2D eigenvalue weighted by Gasteiger charge is 2.32.